The molecule has 2 heterocycles. The van der Waals surface area contributed by atoms with Crippen LogP contribution in [0.15, 0.2) is 0 Å². The number of likely N-dealkylation sites (tertiary alicyclic amines) is 1. The van der Waals surface area contributed by atoms with Gasteiger partial charge in [-0.25, -0.2) is 0 Å². The first-order valence-corrected chi connectivity index (χ1v) is 8.97. The van der Waals surface area contributed by atoms with Crippen LogP contribution in [0.5, 0.6) is 0 Å². The van der Waals surface area contributed by atoms with E-state index >= 15 is 0 Å². The summed E-state index contributed by atoms with van der Waals surface area (Å²) in [5, 5.41) is 26.1. The first-order chi connectivity index (χ1) is 11.7. The fourth-order valence-corrected chi connectivity index (χ4v) is 4.02. The molecule has 1 aromatic rings. The number of aryl methyl sites for hydroxylation is 1. The number of carbonyl (C=O) groups is 1. The van der Waals surface area contributed by atoms with Crippen molar-refractivity contribution >= 4 is 5.91 Å². The van der Waals surface area contributed by atoms with Gasteiger partial charge in [-0.3, -0.25) is 9.89 Å². The lowest BCUT2D eigenvalue weighted by Crippen LogP contribution is -2.36. The van der Waals surface area contributed by atoms with Crippen molar-refractivity contribution in [2.24, 2.45) is 11.8 Å². The Balaban J connectivity index is 1.68. The lowest BCUT2D eigenvalue weighted by atomic mass is 9.96. The number of aromatic nitrogens is 2. The second kappa shape index (κ2) is 7.63. The maximum atomic E-state index is 12.9. The number of aromatic amines is 1. The molecule has 0 unspecified atom stereocenters. The zero-order valence-corrected chi connectivity index (χ0v) is 14.4. The number of nitrogens with zero attached hydrogens (tertiary/aromatic N) is 3. The van der Waals surface area contributed by atoms with Crippen LogP contribution in [0.2, 0.25) is 0 Å². The first-order valence-electron chi connectivity index (χ1n) is 8.97. The molecule has 1 aliphatic heterocycles. The average Bonchev–Trinajstić information content (AvgIpc) is 3.28. The van der Waals surface area contributed by atoms with Gasteiger partial charge < -0.3 is 20.0 Å². The van der Waals surface area contributed by atoms with Crippen molar-refractivity contribution < 1.29 is 15.0 Å². The van der Waals surface area contributed by atoms with Crippen molar-refractivity contribution in [3.63, 3.8) is 0 Å². The SMILES string of the molecule is CCN(CCO)C[C@@H]1CN(C(=O)c2n[nH]c3c2CCC3)C[C@@H]1CO. The highest BCUT2D eigenvalue weighted by Crippen LogP contribution is 2.28. The van der Waals surface area contributed by atoms with E-state index in [4.69, 9.17) is 5.11 Å². The minimum Gasteiger partial charge on any atom is -0.396 e. The van der Waals surface area contributed by atoms with E-state index in [1.54, 1.807) is 0 Å². The Bertz CT molecular complexity index is 574. The van der Waals surface area contributed by atoms with Crippen molar-refractivity contribution in [3.05, 3.63) is 17.0 Å². The van der Waals surface area contributed by atoms with Crippen LogP contribution in [0, 0.1) is 11.8 Å². The van der Waals surface area contributed by atoms with Crippen molar-refractivity contribution in [3.8, 4) is 0 Å². The minimum absolute atomic E-state index is 0.0134. The van der Waals surface area contributed by atoms with Gasteiger partial charge in [0.05, 0.1) is 6.61 Å². The summed E-state index contributed by atoms with van der Waals surface area (Å²) in [7, 11) is 0. The summed E-state index contributed by atoms with van der Waals surface area (Å²) in [4.78, 5) is 16.9. The number of aliphatic hydroxyl groups excluding tert-OH is 2. The fourth-order valence-electron chi connectivity index (χ4n) is 4.02. The molecule has 2 atom stereocenters. The number of rotatable bonds is 7. The molecule has 1 fully saturated rings. The van der Waals surface area contributed by atoms with Crippen LogP contribution >= 0.6 is 0 Å². The highest BCUT2D eigenvalue weighted by atomic mass is 16.3. The van der Waals surface area contributed by atoms with Crippen molar-refractivity contribution in [2.45, 2.75) is 26.2 Å². The molecule has 2 aliphatic rings. The summed E-state index contributed by atoms with van der Waals surface area (Å²) < 4.78 is 0. The van der Waals surface area contributed by atoms with Gasteiger partial charge in [-0.05, 0) is 31.7 Å². The van der Waals surface area contributed by atoms with E-state index in [1.807, 2.05) is 4.90 Å². The van der Waals surface area contributed by atoms with Gasteiger partial charge in [0, 0.05) is 50.0 Å². The van der Waals surface area contributed by atoms with Crippen LogP contribution < -0.4 is 0 Å². The summed E-state index contributed by atoms with van der Waals surface area (Å²) in [5.41, 5.74) is 2.76. The molecule has 1 saturated heterocycles. The van der Waals surface area contributed by atoms with Crippen LogP contribution in [-0.2, 0) is 12.8 Å². The lowest BCUT2D eigenvalue weighted by molar-refractivity contribution is 0.0771. The molecule has 1 amide bonds. The van der Waals surface area contributed by atoms with Gasteiger partial charge in [-0.2, -0.15) is 5.10 Å². The number of amides is 1. The number of nitrogens with one attached hydrogen (secondary N) is 1. The summed E-state index contributed by atoms with van der Waals surface area (Å²) in [6.07, 6.45) is 2.98. The Hall–Kier alpha value is -1.44. The average molecular weight is 336 g/mol. The van der Waals surface area contributed by atoms with Crippen LogP contribution in [-0.4, -0.2) is 82.1 Å². The molecule has 134 valence electrons. The van der Waals surface area contributed by atoms with Crippen LogP contribution in [0.1, 0.15) is 35.1 Å². The number of likely N-dealkylation sites (N-methyl/N-ethyl adjacent to an activating group) is 1. The number of hydrogen-bond donors (Lipinski definition) is 3. The van der Waals surface area contributed by atoms with E-state index < -0.39 is 0 Å². The van der Waals surface area contributed by atoms with Gasteiger partial charge in [0.2, 0.25) is 0 Å². The Morgan fingerprint density at radius 3 is 2.83 bits per heavy atom. The smallest absolute Gasteiger partial charge is 0.274 e. The summed E-state index contributed by atoms with van der Waals surface area (Å²) >= 11 is 0. The fraction of sp³-hybridized carbons (Fsp3) is 0.765. The molecule has 3 rings (SSSR count). The van der Waals surface area contributed by atoms with E-state index in [0.29, 0.717) is 25.3 Å². The van der Waals surface area contributed by atoms with Crippen molar-refractivity contribution in [2.75, 3.05) is 45.9 Å². The quantitative estimate of drug-likeness (QED) is 0.646. The molecule has 0 aromatic carbocycles. The third-order valence-corrected chi connectivity index (χ3v) is 5.46. The topological polar surface area (TPSA) is 92.7 Å². The predicted octanol–water partition coefficient (Wildman–Crippen LogP) is -0.107. The van der Waals surface area contributed by atoms with E-state index in [9.17, 15) is 9.90 Å². The normalized spacial score (nSPS) is 23.2. The monoisotopic (exact) mass is 336 g/mol. The van der Waals surface area contributed by atoms with Gasteiger partial charge in [-0.1, -0.05) is 6.92 Å². The third-order valence-electron chi connectivity index (χ3n) is 5.46. The molecular formula is C17H28N4O3. The number of carbonyl (C=O) groups excluding carboxylic acids is 1. The molecule has 0 bridgehead atoms. The largest absolute Gasteiger partial charge is 0.396 e. The number of fused-ring (bicyclic) bond motifs is 1. The second-order valence-corrected chi connectivity index (χ2v) is 6.91. The molecule has 3 N–H and O–H groups in total. The molecule has 0 saturated carbocycles. The number of hydrogen-bond acceptors (Lipinski definition) is 5. The second-order valence-electron chi connectivity index (χ2n) is 6.91. The molecule has 0 spiro atoms. The Morgan fingerprint density at radius 2 is 2.12 bits per heavy atom. The maximum Gasteiger partial charge on any atom is 0.274 e. The maximum absolute atomic E-state index is 12.9. The van der Waals surface area contributed by atoms with E-state index in [1.165, 1.54) is 0 Å². The number of H-pyrrole nitrogens is 1. The van der Waals surface area contributed by atoms with Gasteiger partial charge in [-0.15, -0.1) is 0 Å². The molecule has 0 radical (unpaired) electrons. The molecule has 24 heavy (non-hydrogen) atoms. The van der Waals surface area contributed by atoms with Crippen LogP contribution in [0.4, 0.5) is 0 Å². The van der Waals surface area contributed by atoms with Crippen LogP contribution in [0.3, 0.4) is 0 Å². The van der Waals surface area contributed by atoms with Gasteiger partial charge in [0.1, 0.15) is 0 Å². The zero-order chi connectivity index (χ0) is 17.1. The summed E-state index contributed by atoms with van der Waals surface area (Å²) in [6, 6.07) is 0. The third kappa shape index (κ3) is 3.34. The van der Waals surface area contributed by atoms with Crippen molar-refractivity contribution in [1.82, 2.24) is 20.0 Å². The van der Waals surface area contributed by atoms with Gasteiger partial charge >= 0.3 is 0 Å². The molecule has 1 aromatic heterocycles. The van der Waals surface area contributed by atoms with E-state index in [2.05, 4.69) is 22.0 Å². The van der Waals surface area contributed by atoms with E-state index in [-0.39, 0.29) is 31.0 Å². The van der Waals surface area contributed by atoms with Gasteiger partial charge in [0.15, 0.2) is 5.69 Å². The zero-order valence-electron chi connectivity index (χ0n) is 14.4. The Morgan fingerprint density at radius 1 is 1.33 bits per heavy atom. The molecule has 1 aliphatic carbocycles. The highest BCUT2D eigenvalue weighted by molar-refractivity contribution is 5.94. The Kier molecular flexibility index (Phi) is 5.53. The lowest BCUT2D eigenvalue weighted by Gasteiger charge is -2.25. The van der Waals surface area contributed by atoms with Gasteiger partial charge in [0.25, 0.3) is 5.91 Å². The Labute approximate surface area is 142 Å². The minimum atomic E-state index is -0.0134. The molecular weight excluding hydrogens is 308 g/mol. The molecule has 7 nitrogen and oxygen atoms in total. The first kappa shape index (κ1) is 17.4. The molecule has 7 heteroatoms. The van der Waals surface area contributed by atoms with Crippen molar-refractivity contribution in [1.29, 1.82) is 0 Å². The highest BCUT2D eigenvalue weighted by Gasteiger charge is 2.37. The van der Waals surface area contributed by atoms with E-state index in [0.717, 1.165) is 43.6 Å². The summed E-state index contributed by atoms with van der Waals surface area (Å²) in [5.74, 6) is 0.312. The number of aliphatic hydroxyl groups is 2. The standard InChI is InChI=1S/C17H28N4O3/c1-2-20(6-7-22)8-12-9-21(10-13(12)11-23)17(24)16-14-4-3-5-15(14)18-19-16/h12-13,22-23H,2-11H2,1H3,(H,18,19)/t12-,13-/m1/s1. The predicted molar refractivity (Wildman–Crippen MR) is 89.8 cm³/mol. The van der Waals surface area contributed by atoms with Crippen LogP contribution in [0.25, 0.3) is 0 Å². The summed E-state index contributed by atoms with van der Waals surface area (Å²) in [6.45, 7) is 5.80.